The van der Waals surface area contributed by atoms with Crippen LogP contribution in [0, 0.1) is 12.7 Å². The fraction of sp³-hybridized carbons (Fsp3) is 0.474. The predicted molar refractivity (Wildman–Crippen MR) is 109 cm³/mol. The normalized spacial score (nSPS) is 14.2. The van der Waals surface area contributed by atoms with E-state index in [1.165, 1.54) is 12.1 Å². The van der Waals surface area contributed by atoms with Crippen molar-refractivity contribution in [2.45, 2.75) is 31.6 Å². The molecule has 2 aromatic rings. The first kappa shape index (κ1) is 21.3. The Hall–Kier alpha value is -2.46. The molecule has 1 saturated heterocycles. The maximum atomic E-state index is 13.9. The van der Waals surface area contributed by atoms with Crippen molar-refractivity contribution >= 4 is 21.7 Å². The van der Waals surface area contributed by atoms with Gasteiger partial charge in [-0.3, -0.25) is 0 Å². The van der Waals surface area contributed by atoms with Gasteiger partial charge in [0, 0.05) is 32.2 Å². The quantitative estimate of drug-likeness (QED) is 0.598. The van der Waals surface area contributed by atoms with E-state index in [0.29, 0.717) is 24.8 Å². The lowest BCUT2D eigenvalue weighted by molar-refractivity contribution is 0.321. The molecule has 3 rings (SSSR count). The molecule has 0 spiro atoms. The van der Waals surface area contributed by atoms with Gasteiger partial charge in [0.15, 0.2) is 11.6 Å². The number of sulfonamides is 1. The Morgan fingerprint density at radius 1 is 1.17 bits per heavy atom. The highest BCUT2D eigenvalue weighted by Crippen LogP contribution is 2.22. The molecule has 0 unspecified atom stereocenters. The first-order valence-corrected chi connectivity index (χ1v) is 11.1. The van der Waals surface area contributed by atoms with Gasteiger partial charge in [-0.2, -0.15) is 0 Å². The van der Waals surface area contributed by atoms with Crippen LogP contribution >= 0.6 is 0 Å². The third kappa shape index (κ3) is 5.54. The van der Waals surface area contributed by atoms with Gasteiger partial charge in [-0.05, 0) is 44.9 Å². The summed E-state index contributed by atoms with van der Waals surface area (Å²) in [6.45, 7) is 6.27. The lowest BCUT2D eigenvalue weighted by Gasteiger charge is -2.17. The number of nitrogens with zero attached hydrogens (tertiary/aromatic N) is 3. The molecule has 1 aromatic heterocycles. The molecule has 1 aliphatic rings. The minimum absolute atomic E-state index is 0.0288. The Bertz CT molecular complexity index is 949. The SMILES string of the molecule is CCOc1ccc(S(=O)(=O)NCCNc2cc(N3CCCC3)nc(C)n2)cc1F. The molecule has 0 radical (unpaired) electrons. The Morgan fingerprint density at radius 3 is 2.62 bits per heavy atom. The van der Waals surface area contributed by atoms with E-state index in [4.69, 9.17) is 4.74 Å². The second-order valence-corrected chi connectivity index (χ2v) is 8.47. The molecule has 158 valence electrons. The number of ether oxygens (including phenoxy) is 1. The van der Waals surface area contributed by atoms with Crippen molar-refractivity contribution in [2.75, 3.05) is 43.0 Å². The van der Waals surface area contributed by atoms with Gasteiger partial charge in [0.1, 0.15) is 17.5 Å². The molecule has 10 heteroatoms. The summed E-state index contributed by atoms with van der Waals surface area (Å²) in [5.74, 6) is 1.50. The van der Waals surface area contributed by atoms with Crippen LogP contribution in [0.5, 0.6) is 5.75 Å². The number of rotatable bonds is 9. The minimum atomic E-state index is -3.82. The van der Waals surface area contributed by atoms with Gasteiger partial charge in [-0.15, -0.1) is 0 Å². The van der Waals surface area contributed by atoms with Crippen LogP contribution in [-0.2, 0) is 10.0 Å². The molecule has 1 fully saturated rings. The largest absolute Gasteiger partial charge is 0.491 e. The van der Waals surface area contributed by atoms with Crippen LogP contribution in [0.1, 0.15) is 25.6 Å². The van der Waals surface area contributed by atoms with E-state index in [-0.39, 0.29) is 17.2 Å². The highest BCUT2D eigenvalue weighted by Gasteiger charge is 2.17. The zero-order valence-corrected chi connectivity index (χ0v) is 17.4. The summed E-state index contributed by atoms with van der Waals surface area (Å²) in [7, 11) is -3.82. The van der Waals surface area contributed by atoms with Crippen LogP contribution in [0.2, 0.25) is 0 Å². The van der Waals surface area contributed by atoms with Gasteiger partial charge in [-0.1, -0.05) is 0 Å². The Labute approximate surface area is 170 Å². The van der Waals surface area contributed by atoms with E-state index in [1.54, 1.807) is 6.92 Å². The van der Waals surface area contributed by atoms with E-state index in [2.05, 4.69) is 24.9 Å². The van der Waals surface area contributed by atoms with Crippen molar-refractivity contribution in [2.24, 2.45) is 0 Å². The molecule has 0 amide bonds. The number of aryl methyl sites for hydroxylation is 1. The van der Waals surface area contributed by atoms with Gasteiger partial charge in [0.25, 0.3) is 0 Å². The van der Waals surface area contributed by atoms with Crippen molar-refractivity contribution in [1.29, 1.82) is 0 Å². The first-order valence-electron chi connectivity index (χ1n) is 9.65. The molecule has 0 bridgehead atoms. The number of benzene rings is 1. The monoisotopic (exact) mass is 423 g/mol. The maximum absolute atomic E-state index is 13.9. The molecule has 0 aliphatic carbocycles. The van der Waals surface area contributed by atoms with Crippen molar-refractivity contribution in [3.8, 4) is 5.75 Å². The Balaban J connectivity index is 1.56. The van der Waals surface area contributed by atoms with Gasteiger partial charge in [0.05, 0.1) is 11.5 Å². The molecular formula is C19H26FN5O3S. The number of nitrogens with one attached hydrogen (secondary N) is 2. The molecule has 0 atom stereocenters. The minimum Gasteiger partial charge on any atom is -0.491 e. The van der Waals surface area contributed by atoms with E-state index < -0.39 is 15.8 Å². The van der Waals surface area contributed by atoms with Crippen LogP contribution in [0.3, 0.4) is 0 Å². The molecule has 8 nitrogen and oxygen atoms in total. The standard InChI is InChI=1S/C19H26FN5O3S/c1-3-28-17-7-6-15(12-16(17)20)29(26,27)22-9-8-21-18-13-19(24-14(2)23-18)25-10-4-5-11-25/h6-7,12-13,22H,3-5,8-11H2,1-2H3,(H,21,23,24). The van der Waals surface area contributed by atoms with Gasteiger partial charge < -0.3 is 15.0 Å². The molecule has 2 N–H and O–H groups in total. The topological polar surface area (TPSA) is 96.5 Å². The fourth-order valence-electron chi connectivity index (χ4n) is 3.13. The highest BCUT2D eigenvalue weighted by atomic mass is 32.2. The average molecular weight is 424 g/mol. The van der Waals surface area contributed by atoms with E-state index in [0.717, 1.165) is 37.8 Å². The second kappa shape index (κ2) is 9.36. The summed E-state index contributed by atoms with van der Waals surface area (Å²) < 4.78 is 46.2. The number of halogens is 1. The molecule has 2 heterocycles. The summed E-state index contributed by atoms with van der Waals surface area (Å²) in [6.07, 6.45) is 2.31. The predicted octanol–water partition coefficient (Wildman–Crippen LogP) is 2.31. The van der Waals surface area contributed by atoms with Gasteiger partial charge in [0.2, 0.25) is 10.0 Å². The molecule has 29 heavy (non-hydrogen) atoms. The van der Waals surface area contributed by atoms with E-state index in [1.807, 2.05) is 13.0 Å². The van der Waals surface area contributed by atoms with E-state index in [9.17, 15) is 12.8 Å². The summed E-state index contributed by atoms with van der Waals surface area (Å²) in [5, 5.41) is 3.11. The number of hydrogen-bond donors (Lipinski definition) is 2. The molecule has 1 aliphatic heterocycles. The average Bonchev–Trinajstić information content (AvgIpc) is 3.21. The van der Waals surface area contributed by atoms with E-state index >= 15 is 0 Å². The summed E-state index contributed by atoms with van der Waals surface area (Å²) >= 11 is 0. The molecular weight excluding hydrogens is 397 g/mol. The first-order chi connectivity index (χ1) is 13.9. The van der Waals surface area contributed by atoms with Crippen LogP contribution in [-0.4, -0.2) is 51.2 Å². The van der Waals surface area contributed by atoms with Crippen molar-refractivity contribution in [3.05, 3.63) is 35.9 Å². The molecule has 0 saturated carbocycles. The fourth-order valence-corrected chi connectivity index (χ4v) is 4.17. The maximum Gasteiger partial charge on any atom is 0.240 e. The van der Waals surface area contributed by atoms with Crippen molar-refractivity contribution in [1.82, 2.24) is 14.7 Å². The highest BCUT2D eigenvalue weighted by molar-refractivity contribution is 7.89. The summed E-state index contributed by atoms with van der Waals surface area (Å²) in [5.41, 5.74) is 0. The van der Waals surface area contributed by atoms with Crippen molar-refractivity contribution < 1.29 is 17.5 Å². The van der Waals surface area contributed by atoms with Crippen LogP contribution in [0.15, 0.2) is 29.2 Å². The van der Waals surface area contributed by atoms with Crippen LogP contribution in [0.25, 0.3) is 0 Å². The summed E-state index contributed by atoms with van der Waals surface area (Å²) in [4.78, 5) is 10.9. The van der Waals surface area contributed by atoms with Crippen LogP contribution < -0.4 is 19.7 Å². The van der Waals surface area contributed by atoms with Gasteiger partial charge >= 0.3 is 0 Å². The smallest absolute Gasteiger partial charge is 0.240 e. The lowest BCUT2D eigenvalue weighted by Crippen LogP contribution is -2.29. The number of anilines is 2. The summed E-state index contributed by atoms with van der Waals surface area (Å²) in [6, 6.07) is 5.46. The van der Waals surface area contributed by atoms with Gasteiger partial charge in [-0.25, -0.2) is 27.5 Å². The number of hydrogen-bond acceptors (Lipinski definition) is 7. The third-order valence-electron chi connectivity index (χ3n) is 4.49. The number of aromatic nitrogens is 2. The Kier molecular flexibility index (Phi) is 6.86. The zero-order valence-electron chi connectivity index (χ0n) is 16.6. The second-order valence-electron chi connectivity index (χ2n) is 6.70. The van der Waals surface area contributed by atoms with Crippen molar-refractivity contribution in [3.63, 3.8) is 0 Å². The molecule has 1 aromatic carbocycles. The Morgan fingerprint density at radius 2 is 1.93 bits per heavy atom. The third-order valence-corrected chi connectivity index (χ3v) is 5.95. The zero-order chi connectivity index (χ0) is 20.9. The lowest BCUT2D eigenvalue weighted by atomic mass is 10.3. The van der Waals surface area contributed by atoms with Crippen LogP contribution in [0.4, 0.5) is 16.0 Å².